The predicted octanol–water partition coefficient (Wildman–Crippen LogP) is 5.75. The van der Waals surface area contributed by atoms with Gasteiger partial charge in [0.25, 0.3) is 11.5 Å². The van der Waals surface area contributed by atoms with Gasteiger partial charge in [0, 0.05) is 19.2 Å². The van der Waals surface area contributed by atoms with Crippen LogP contribution in [0.4, 0.5) is 13.2 Å². The van der Waals surface area contributed by atoms with Gasteiger partial charge >= 0.3 is 6.18 Å². The molecule has 0 aliphatic rings. The van der Waals surface area contributed by atoms with E-state index in [9.17, 15) is 22.8 Å². The summed E-state index contributed by atoms with van der Waals surface area (Å²) < 4.78 is 41.4. The lowest BCUT2D eigenvalue weighted by molar-refractivity contribution is -0.137. The Labute approximate surface area is 200 Å². The minimum atomic E-state index is -4.57. The maximum absolute atomic E-state index is 13.7. The van der Waals surface area contributed by atoms with Gasteiger partial charge in [-0.15, -0.1) is 0 Å². The van der Waals surface area contributed by atoms with Gasteiger partial charge in [0.2, 0.25) is 0 Å². The number of nitrogens with zero attached hydrogens (tertiary/aromatic N) is 3. The normalized spacial score (nSPS) is 12.5. The lowest BCUT2D eigenvalue weighted by Gasteiger charge is -2.32. The highest BCUT2D eigenvalue weighted by Gasteiger charge is 2.33. The molecule has 0 aliphatic heterocycles. The number of carbonyl (C=O) groups excluding carboxylic acids is 1. The van der Waals surface area contributed by atoms with Crippen molar-refractivity contribution in [1.82, 2.24) is 14.5 Å². The molecule has 1 heterocycles. The molecule has 0 saturated heterocycles. The average molecular weight is 480 g/mol. The molecule has 1 aromatic heterocycles. The van der Waals surface area contributed by atoms with Crippen molar-refractivity contribution in [3.63, 3.8) is 0 Å². The summed E-state index contributed by atoms with van der Waals surface area (Å²) in [6, 6.07) is 19.8. The number of fused-ring (bicyclic) bond motifs is 1. The SMILES string of the molecule is CCC(c1nc2ccccc2c(=O)n1C)N(Cc1ccccc1)C(=O)c1cccc(C(F)(F)F)c1. The Bertz CT molecular complexity index is 1410. The monoisotopic (exact) mass is 479 g/mol. The third-order valence-corrected chi connectivity index (χ3v) is 5.97. The van der Waals surface area contributed by atoms with Crippen molar-refractivity contribution < 1.29 is 18.0 Å². The fourth-order valence-electron chi connectivity index (χ4n) is 4.17. The highest BCUT2D eigenvalue weighted by Crippen LogP contribution is 2.31. The summed E-state index contributed by atoms with van der Waals surface area (Å²) in [5.74, 6) is -0.207. The molecule has 0 radical (unpaired) electrons. The number of benzene rings is 3. The van der Waals surface area contributed by atoms with Gasteiger partial charge in [0.1, 0.15) is 5.82 Å². The molecule has 0 saturated carbocycles. The summed E-state index contributed by atoms with van der Waals surface area (Å²) in [6.07, 6.45) is -4.18. The van der Waals surface area contributed by atoms with E-state index in [4.69, 9.17) is 4.98 Å². The molecule has 0 fully saturated rings. The first kappa shape index (κ1) is 24.2. The Hall–Kier alpha value is -3.94. The largest absolute Gasteiger partial charge is 0.416 e. The van der Waals surface area contributed by atoms with Crippen LogP contribution in [0.1, 0.15) is 46.7 Å². The summed E-state index contributed by atoms with van der Waals surface area (Å²) in [5.41, 5.74) is 0.0646. The number of para-hydroxylation sites is 1. The van der Waals surface area contributed by atoms with Crippen LogP contribution in [0, 0.1) is 0 Å². The van der Waals surface area contributed by atoms with Crippen LogP contribution in [0.3, 0.4) is 0 Å². The Morgan fingerprint density at radius 1 is 1.00 bits per heavy atom. The summed E-state index contributed by atoms with van der Waals surface area (Å²) >= 11 is 0. The first-order valence-corrected chi connectivity index (χ1v) is 11.2. The summed E-state index contributed by atoms with van der Waals surface area (Å²) in [5, 5.41) is 0.451. The second-order valence-electron chi connectivity index (χ2n) is 8.27. The third kappa shape index (κ3) is 4.96. The molecule has 1 unspecified atom stereocenters. The highest BCUT2D eigenvalue weighted by molar-refractivity contribution is 5.94. The van der Waals surface area contributed by atoms with E-state index in [1.54, 1.807) is 31.3 Å². The number of hydrogen-bond donors (Lipinski definition) is 0. The number of alkyl halides is 3. The van der Waals surface area contributed by atoms with Crippen molar-refractivity contribution in [3.8, 4) is 0 Å². The molecule has 0 spiro atoms. The van der Waals surface area contributed by atoms with E-state index in [1.165, 1.54) is 21.6 Å². The number of amides is 1. The molecule has 5 nitrogen and oxygen atoms in total. The second kappa shape index (κ2) is 9.74. The molecule has 4 aromatic rings. The molecule has 0 bridgehead atoms. The van der Waals surface area contributed by atoms with Crippen molar-refractivity contribution in [2.24, 2.45) is 7.05 Å². The zero-order valence-electron chi connectivity index (χ0n) is 19.3. The maximum atomic E-state index is 13.7. The fraction of sp³-hybridized carbons (Fsp3) is 0.222. The standard InChI is InChI=1S/C27H24F3N3O2/c1-3-23(24-31-22-15-8-7-14-21(22)26(35)32(24)2)33(17-18-10-5-4-6-11-18)25(34)19-12-9-13-20(16-19)27(28,29)30/h4-16,23H,3,17H2,1-2H3. The molecule has 180 valence electrons. The minimum absolute atomic E-state index is 0.0833. The molecule has 4 rings (SSSR count). The van der Waals surface area contributed by atoms with Crippen LogP contribution >= 0.6 is 0 Å². The summed E-state index contributed by atoms with van der Waals surface area (Å²) in [6.45, 7) is 1.99. The number of rotatable bonds is 6. The Kier molecular flexibility index (Phi) is 6.73. The van der Waals surface area contributed by atoms with Gasteiger partial charge in [-0.3, -0.25) is 14.2 Å². The predicted molar refractivity (Wildman–Crippen MR) is 128 cm³/mol. The number of halogens is 3. The summed E-state index contributed by atoms with van der Waals surface area (Å²) in [4.78, 5) is 32.9. The Balaban J connectivity index is 1.85. The van der Waals surface area contributed by atoms with E-state index in [-0.39, 0.29) is 17.7 Å². The molecule has 8 heteroatoms. The van der Waals surface area contributed by atoms with Crippen molar-refractivity contribution in [2.45, 2.75) is 32.1 Å². The molecule has 0 aliphatic carbocycles. The van der Waals surface area contributed by atoms with Gasteiger partial charge in [0.15, 0.2) is 0 Å². The van der Waals surface area contributed by atoms with Crippen molar-refractivity contribution in [3.05, 3.63) is 112 Å². The van der Waals surface area contributed by atoms with Gasteiger partial charge in [-0.1, -0.05) is 55.5 Å². The first-order valence-electron chi connectivity index (χ1n) is 11.2. The van der Waals surface area contributed by atoms with E-state index < -0.39 is 23.7 Å². The van der Waals surface area contributed by atoms with Gasteiger partial charge < -0.3 is 4.90 Å². The van der Waals surface area contributed by atoms with Gasteiger partial charge in [-0.2, -0.15) is 13.2 Å². The second-order valence-corrected chi connectivity index (χ2v) is 8.27. The van der Waals surface area contributed by atoms with Crippen LogP contribution in [0.5, 0.6) is 0 Å². The zero-order valence-corrected chi connectivity index (χ0v) is 19.3. The van der Waals surface area contributed by atoms with E-state index in [2.05, 4.69) is 0 Å². The molecule has 35 heavy (non-hydrogen) atoms. The van der Waals surface area contributed by atoms with Crippen LogP contribution in [-0.4, -0.2) is 20.4 Å². The number of hydrogen-bond acceptors (Lipinski definition) is 3. The smallest absolute Gasteiger partial charge is 0.324 e. The van der Waals surface area contributed by atoms with Crippen LogP contribution in [0.25, 0.3) is 10.9 Å². The zero-order chi connectivity index (χ0) is 25.2. The lowest BCUT2D eigenvalue weighted by Crippen LogP contribution is -2.38. The fourth-order valence-corrected chi connectivity index (χ4v) is 4.17. The Morgan fingerprint density at radius 3 is 2.37 bits per heavy atom. The van der Waals surface area contributed by atoms with E-state index >= 15 is 0 Å². The number of carbonyl (C=O) groups is 1. The average Bonchev–Trinajstić information content (AvgIpc) is 2.86. The van der Waals surface area contributed by atoms with Crippen LogP contribution in [0.15, 0.2) is 83.7 Å². The van der Waals surface area contributed by atoms with E-state index in [1.807, 2.05) is 37.3 Å². The first-order chi connectivity index (χ1) is 16.7. The van der Waals surface area contributed by atoms with Crippen LogP contribution in [0.2, 0.25) is 0 Å². The van der Waals surface area contributed by atoms with Crippen molar-refractivity contribution >= 4 is 16.8 Å². The third-order valence-electron chi connectivity index (χ3n) is 5.97. The van der Waals surface area contributed by atoms with Gasteiger partial charge in [0.05, 0.1) is 22.5 Å². The summed E-state index contributed by atoms with van der Waals surface area (Å²) in [7, 11) is 1.59. The molecule has 1 amide bonds. The van der Waals surface area contributed by atoms with Crippen molar-refractivity contribution in [2.75, 3.05) is 0 Å². The quantitative estimate of drug-likeness (QED) is 0.354. The van der Waals surface area contributed by atoms with Crippen LogP contribution < -0.4 is 5.56 Å². The molecule has 1 atom stereocenters. The van der Waals surface area contributed by atoms with E-state index in [0.29, 0.717) is 23.1 Å². The van der Waals surface area contributed by atoms with Gasteiger partial charge in [-0.05, 0) is 42.3 Å². The lowest BCUT2D eigenvalue weighted by atomic mass is 10.0. The Morgan fingerprint density at radius 2 is 1.69 bits per heavy atom. The highest BCUT2D eigenvalue weighted by atomic mass is 19.4. The molecule has 3 aromatic carbocycles. The topological polar surface area (TPSA) is 55.2 Å². The number of aromatic nitrogens is 2. The molecular weight excluding hydrogens is 455 g/mol. The minimum Gasteiger partial charge on any atom is -0.324 e. The van der Waals surface area contributed by atoms with E-state index in [0.717, 1.165) is 17.7 Å². The van der Waals surface area contributed by atoms with Crippen LogP contribution in [-0.2, 0) is 19.8 Å². The molecular formula is C27H24F3N3O2. The van der Waals surface area contributed by atoms with Gasteiger partial charge in [-0.25, -0.2) is 4.98 Å². The molecule has 0 N–H and O–H groups in total. The van der Waals surface area contributed by atoms with Crippen molar-refractivity contribution in [1.29, 1.82) is 0 Å². The maximum Gasteiger partial charge on any atom is 0.416 e.